The number of benzene rings is 1. The number of amides is 2. The van der Waals surface area contributed by atoms with Gasteiger partial charge in [-0.3, -0.25) is 24.2 Å². The number of hydrogen-bond acceptors (Lipinski definition) is 6. The number of rotatable bonds is 9. The van der Waals surface area contributed by atoms with Crippen LogP contribution in [0.5, 0.6) is 0 Å². The summed E-state index contributed by atoms with van der Waals surface area (Å²) in [7, 11) is 0. The maximum absolute atomic E-state index is 13.3. The number of carbonyl (C=O) groups is 2. The molecule has 2 unspecified atom stereocenters. The van der Waals surface area contributed by atoms with Crippen LogP contribution in [0.1, 0.15) is 78.3 Å². The van der Waals surface area contributed by atoms with E-state index in [9.17, 15) is 9.59 Å². The monoisotopic (exact) mass is 556 g/mol. The number of nitrogens with zero attached hydrogens (tertiary/aromatic N) is 4. The fraction of sp³-hybridized carbons (Fsp3) is 0.438. The third-order valence-corrected chi connectivity index (χ3v) is 8.16. The molecule has 2 N–H and O–H groups in total. The van der Waals surface area contributed by atoms with E-state index in [4.69, 9.17) is 4.74 Å². The van der Waals surface area contributed by atoms with Crippen molar-refractivity contribution in [1.82, 2.24) is 19.7 Å². The standard InChI is InChI=1S/C32H40N6O3/c1-5-24(27-17-34-38(18-27)29-10-12-41-20-29)13-25-14-26(16-33-23(25)4)32(40)36-30-15-28(9-8-21(30)2)35-31(39)19-37-11-6-7-22(37)3/h8-9,13-18,22,29H,5-7,10-12,19-20H2,1-4H3,(H,35,39)(H,36,40)/b24-13+. The quantitative estimate of drug-likeness (QED) is 0.362. The zero-order chi connectivity index (χ0) is 28.9. The molecule has 3 aromatic rings. The average Bonchev–Trinajstić information content (AvgIpc) is 3.73. The Morgan fingerprint density at radius 3 is 2.71 bits per heavy atom. The van der Waals surface area contributed by atoms with Crippen LogP contribution in [-0.2, 0) is 9.53 Å². The lowest BCUT2D eigenvalue weighted by molar-refractivity contribution is -0.117. The molecular weight excluding hydrogens is 516 g/mol. The molecule has 1 aromatic carbocycles. The van der Waals surface area contributed by atoms with E-state index in [1.807, 2.05) is 49.0 Å². The van der Waals surface area contributed by atoms with Crippen LogP contribution in [0, 0.1) is 13.8 Å². The second-order valence-corrected chi connectivity index (χ2v) is 11.1. The fourth-order valence-electron chi connectivity index (χ4n) is 5.47. The van der Waals surface area contributed by atoms with E-state index in [2.05, 4.69) is 51.7 Å². The number of anilines is 2. The predicted molar refractivity (Wildman–Crippen MR) is 162 cm³/mol. The zero-order valence-electron chi connectivity index (χ0n) is 24.4. The first-order valence-corrected chi connectivity index (χ1v) is 14.6. The van der Waals surface area contributed by atoms with Gasteiger partial charge < -0.3 is 15.4 Å². The molecule has 2 aliphatic heterocycles. The Morgan fingerprint density at radius 2 is 1.98 bits per heavy atom. The number of aromatic nitrogens is 3. The highest BCUT2D eigenvalue weighted by Gasteiger charge is 2.22. The molecule has 9 heteroatoms. The Balaban J connectivity index is 1.29. The second-order valence-electron chi connectivity index (χ2n) is 11.1. The molecule has 2 amide bonds. The summed E-state index contributed by atoms with van der Waals surface area (Å²) in [5.74, 6) is -0.301. The van der Waals surface area contributed by atoms with Crippen LogP contribution in [0.4, 0.5) is 11.4 Å². The lowest BCUT2D eigenvalue weighted by Crippen LogP contribution is -2.35. The summed E-state index contributed by atoms with van der Waals surface area (Å²) >= 11 is 0. The van der Waals surface area contributed by atoms with Gasteiger partial charge in [0.15, 0.2) is 0 Å². The van der Waals surface area contributed by atoms with Gasteiger partial charge >= 0.3 is 0 Å². The summed E-state index contributed by atoms with van der Waals surface area (Å²) in [4.78, 5) is 32.7. The Hall–Kier alpha value is -3.82. The maximum atomic E-state index is 13.3. The summed E-state index contributed by atoms with van der Waals surface area (Å²) in [6.45, 7) is 10.9. The smallest absolute Gasteiger partial charge is 0.257 e. The largest absolute Gasteiger partial charge is 0.379 e. The fourth-order valence-corrected chi connectivity index (χ4v) is 5.47. The molecule has 0 saturated carbocycles. The van der Waals surface area contributed by atoms with E-state index >= 15 is 0 Å². The van der Waals surface area contributed by atoms with Crippen LogP contribution in [-0.4, -0.2) is 63.8 Å². The molecule has 4 heterocycles. The average molecular weight is 557 g/mol. The molecule has 2 saturated heterocycles. The van der Waals surface area contributed by atoms with Crippen molar-refractivity contribution >= 4 is 34.8 Å². The number of carbonyl (C=O) groups excluding carboxylic acids is 2. The molecule has 9 nitrogen and oxygen atoms in total. The van der Waals surface area contributed by atoms with Gasteiger partial charge in [0.2, 0.25) is 5.91 Å². The van der Waals surface area contributed by atoms with Crippen molar-refractivity contribution in [3.05, 3.63) is 70.8 Å². The summed E-state index contributed by atoms with van der Waals surface area (Å²) in [5.41, 5.74) is 6.60. The van der Waals surface area contributed by atoms with Crippen molar-refractivity contribution < 1.29 is 14.3 Å². The molecule has 0 radical (unpaired) electrons. The van der Waals surface area contributed by atoms with Crippen LogP contribution in [0.2, 0.25) is 0 Å². The molecule has 216 valence electrons. The van der Waals surface area contributed by atoms with Crippen molar-refractivity contribution in [2.45, 2.75) is 65.5 Å². The van der Waals surface area contributed by atoms with Gasteiger partial charge in [-0.15, -0.1) is 0 Å². The topological polar surface area (TPSA) is 101 Å². The highest BCUT2D eigenvalue weighted by molar-refractivity contribution is 6.05. The van der Waals surface area contributed by atoms with Crippen LogP contribution >= 0.6 is 0 Å². The van der Waals surface area contributed by atoms with Gasteiger partial charge in [0.25, 0.3) is 5.91 Å². The Morgan fingerprint density at radius 1 is 1.12 bits per heavy atom. The molecule has 41 heavy (non-hydrogen) atoms. The van der Waals surface area contributed by atoms with E-state index < -0.39 is 0 Å². The molecule has 0 aliphatic carbocycles. The Bertz CT molecular complexity index is 1440. The number of aryl methyl sites for hydroxylation is 2. The second kappa shape index (κ2) is 12.8. The number of pyridine rings is 1. The minimum atomic E-state index is -0.253. The van der Waals surface area contributed by atoms with Gasteiger partial charge in [-0.1, -0.05) is 13.0 Å². The SMILES string of the molecule is CC/C(=C\c1cc(C(=O)Nc2cc(NC(=O)CN3CCCC3C)ccc2C)cnc1C)c1cnn(C2CCOC2)c1. The van der Waals surface area contributed by atoms with Gasteiger partial charge in [-0.2, -0.15) is 5.10 Å². The third kappa shape index (κ3) is 6.92. The Kier molecular flexibility index (Phi) is 8.95. The lowest BCUT2D eigenvalue weighted by atomic mass is 10.0. The molecule has 0 spiro atoms. The van der Waals surface area contributed by atoms with Crippen molar-refractivity contribution in [2.75, 3.05) is 36.9 Å². The molecule has 2 fully saturated rings. The molecule has 2 aromatic heterocycles. The Labute approximate surface area is 242 Å². The molecule has 2 aliphatic rings. The third-order valence-electron chi connectivity index (χ3n) is 8.16. The van der Waals surface area contributed by atoms with Crippen LogP contribution in [0.25, 0.3) is 11.6 Å². The highest BCUT2D eigenvalue weighted by Crippen LogP contribution is 2.26. The number of nitrogens with one attached hydrogen (secondary N) is 2. The van der Waals surface area contributed by atoms with Crippen LogP contribution in [0.15, 0.2) is 42.9 Å². The molecular formula is C32H40N6O3. The molecule has 2 atom stereocenters. The van der Waals surface area contributed by atoms with Crippen molar-refractivity contribution in [2.24, 2.45) is 0 Å². The van der Waals surface area contributed by atoms with Gasteiger partial charge in [-0.25, -0.2) is 0 Å². The van der Waals surface area contributed by atoms with E-state index in [0.29, 0.717) is 36.1 Å². The minimum Gasteiger partial charge on any atom is -0.379 e. The van der Waals surface area contributed by atoms with E-state index in [0.717, 1.165) is 66.8 Å². The number of hydrogen-bond donors (Lipinski definition) is 2. The first-order valence-electron chi connectivity index (χ1n) is 14.6. The normalized spacial score (nSPS) is 19.5. The number of allylic oxidation sites excluding steroid dienone is 1. The van der Waals surface area contributed by atoms with Gasteiger partial charge in [-0.05, 0) is 94.0 Å². The number of ether oxygens (including phenoxy) is 1. The van der Waals surface area contributed by atoms with Crippen LogP contribution < -0.4 is 10.6 Å². The van der Waals surface area contributed by atoms with E-state index in [1.165, 1.54) is 0 Å². The summed E-state index contributed by atoms with van der Waals surface area (Å²) in [6.07, 6.45) is 11.7. The first-order chi connectivity index (χ1) is 19.8. The van der Waals surface area contributed by atoms with Crippen LogP contribution in [0.3, 0.4) is 0 Å². The summed E-state index contributed by atoms with van der Waals surface area (Å²) in [5, 5.41) is 10.6. The van der Waals surface area contributed by atoms with Crippen molar-refractivity contribution in [1.29, 1.82) is 0 Å². The van der Waals surface area contributed by atoms with Crippen molar-refractivity contribution in [3.63, 3.8) is 0 Å². The van der Waals surface area contributed by atoms with Gasteiger partial charge in [0.1, 0.15) is 0 Å². The van der Waals surface area contributed by atoms with Crippen molar-refractivity contribution in [3.8, 4) is 0 Å². The lowest BCUT2D eigenvalue weighted by Gasteiger charge is -2.20. The number of likely N-dealkylation sites (tertiary alicyclic amines) is 1. The van der Waals surface area contributed by atoms with Gasteiger partial charge in [0, 0.05) is 47.7 Å². The van der Waals surface area contributed by atoms with E-state index in [1.54, 1.807) is 6.20 Å². The summed E-state index contributed by atoms with van der Waals surface area (Å²) in [6, 6.07) is 8.15. The highest BCUT2D eigenvalue weighted by atomic mass is 16.5. The predicted octanol–water partition coefficient (Wildman–Crippen LogP) is 5.48. The molecule has 0 bridgehead atoms. The molecule has 5 rings (SSSR count). The minimum absolute atomic E-state index is 0.0482. The maximum Gasteiger partial charge on any atom is 0.257 e. The zero-order valence-corrected chi connectivity index (χ0v) is 24.4. The first kappa shape index (κ1) is 28.7. The van der Waals surface area contributed by atoms with E-state index in [-0.39, 0.29) is 17.9 Å². The summed E-state index contributed by atoms with van der Waals surface area (Å²) < 4.78 is 7.51. The van der Waals surface area contributed by atoms with Gasteiger partial charge in [0.05, 0.1) is 31.0 Å².